The molecule has 0 aliphatic rings. The van der Waals surface area contributed by atoms with E-state index in [1.807, 2.05) is 6.92 Å². The smallest absolute Gasteiger partial charge is 0.234 e. The van der Waals surface area contributed by atoms with Gasteiger partial charge in [-0.05, 0) is 6.42 Å². The molecule has 5 N–H and O–H groups in total. The molecule has 0 aromatic carbocycles. The van der Waals surface area contributed by atoms with Crippen LogP contribution in [-0.4, -0.2) is 44.5 Å². The van der Waals surface area contributed by atoms with Gasteiger partial charge >= 0.3 is 0 Å². The Bertz CT molecular complexity index is 177. The molecule has 0 aliphatic carbocycles. The number of amides is 2. The molecule has 15 heavy (non-hydrogen) atoms. The Hall–Kier alpha value is -1.14. The third kappa shape index (κ3) is 9.17. The number of nitrogens with one attached hydrogen (secondary N) is 3. The lowest BCUT2D eigenvalue weighted by molar-refractivity contribution is -0.121. The fraction of sp³-hybridized carbons (Fsp3) is 0.778. The van der Waals surface area contributed by atoms with Gasteiger partial charge in [-0.1, -0.05) is 6.92 Å². The molecule has 2 amide bonds. The molecule has 0 fully saturated rings. The second-order valence-electron chi connectivity index (χ2n) is 3.09. The molecule has 0 heterocycles. The number of nitrogens with two attached hydrogens (primary N) is 1. The fourth-order valence-corrected chi connectivity index (χ4v) is 0.891. The molecule has 0 atom stereocenters. The molecule has 6 nitrogen and oxygen atoms in total. The second kappa shape index (κ2) is 9.42. The summed E-state index contributed by atoms with van der Waals surface area (Å²) in [6.07, 6.45) is 0.905. The van der Waals surface area contributed by atoms with Crippen molar-refractivity contribution in [1.29, 1.82) is 0 Å². The molecule has 88 valence electrons. The van der Waals surface area contributed by atoms with Crippen LogP contribution in [0, 0.1) is 0 Å². The molecule has 6 heteroatoms. The predicted molar refractivity (Wildman–Crippen MR) is 58.2 cm³/mol. The Balaban J connectivity index is 3.36. The van der Waals surface area contributed by atoms with Crippen LogP contribution in [0.5, 0.6) is 0 Å². The lowest BCUT2D eigenvalue weighted by Crippen LogP contribution is -2.40. The Labute approximate surface area is 90.0 Å². The molecule has 0 aromatic heterocycles. The topological polar surface area (TPSA) is 96.2 Å². The summed E-state index contributed by atoms with van der Waals surface area (Å²) in [5.41, 5.74) is 5.21. The maximum absolute atomic E-state index is 11.1. The zero-order chi connectivity index (χ0) is 11.5. The van der Waals surface area contributed by atoms with Crippen molar-refractivity contribution in [2.24, 2.45) is 5.73 Å². The van der Waals surface area contributed by atoms with E-state index >= 15 is 0 Å². The highest BCUT2D eigenvalue weighted by Gasteiger charge is 2.02. The van der Waals surface area contributed by atoms with Gasteiger partial charge in [0.1, 0.15) is 0 Å². The zero-order valence-electron chi connectivity index (χ0n) is 9.14. The van der Waals surface area contributed by atoms with Crippen LogP contribution in [0.15, 0.2) is 0 Å². The van der Waals surface area contributed by atoms with Crippen molar-refractivity contribution in [3.05, 3.63) is 0 Å². The molecule has 0 rings (SSSR count). The number of hydrogen-bond donors (Lipinski definition) is 4. The number of carbonyl (C=O) groups excluding carboxylic acids is 2. The van der Waals surface area contributed by atoms with Gasteiger partial charge in [0.25, 0.3) is 0 Å². The van der Waals surface area contributed by atoms with Crippen LogP contribution in [0.4, 0.5) is 0 Å². The molecule has 0 radical (unpaired) electrons. The van der Waals surface area contributed by atoms with Crippen LogP contribution >= 0.6 is 0 Å². The van der Waals surface area contributed by atoms with Gasteiger partial charge in [0, 0.05) is 19.6 Å². The van der Waals surface area contributed by atoms with Gasteiger partial charge in [-0.2, -0.15) is 0 Å². The van der Waals surface area contributed by atoms with Gasteiger partial charge in [0.2, 0.25) is 11.8 Å². The highest BCUT2D eigenvalue weighted by atomic mass is 16.2. The van der Waals surface area contributed by atoms with E-state index in [0.29, 0.717) is 19.6 Å². The van der Waals surface area contributed by atoms with E-state index in [1.165, 1.54) is 0 Å². The van der Waals surface area contributed by atoms with E-state index in [2.05, 4.69) is 16.0 Å². The summed E-state index contributed by atoms with van der Waals surface area (Å²) in [4.78, 5) is 22.1. The average molecular weight is 216 g/mol. The van der Waals surface area contributed by atoms with E-state index in [4.69, 9.17) is 5.73 Å². The molecule has 0 aliphatic heterocycles. The predicted octanol–water partition coefficient (Wildman–Crippen LogP) is -1.82. The first-order valence-electron chi connectivity index (χ1n) is 5.14. The first kappa shape index (κ1) is 13.9. The average Bonchev–Trinajstić information content (AvgIpc) is 2.23. The minimum Gasteiger partial charge on any atom is -0.355 e. The summed E-state index contributed by atoms with van der Waals surface area (Å²) in [5.74, 6) is -0.243. The van der Waals surface area contributed by atoms with Gasteiger partial charge in [-0.15, -0.1) is 0 Å². The largest absolute Gasteiger partial charge is 0.355 e. The minimum absolute atomic E-state index is 0.0940. The molecular weight excluding hydrogens is 196 g/mol. The molecule has 0 aromatic rings. The van der Waals surface area contributed by atoms with Crippen LogP contribution in [0.3, 0.4) is 0 Å². The molecule has 0 unspecified atom stereocenters. The van der Waals surface area contributed by atoms with E-state index in [1.54, 1.807) is 0 Å². The van der Waals surface area contributed by atoms with Crippen LogP contribution < -0.4 is 21.7 Å². The van der Waals surface area contributed by atoms with Crippen molar-refractivity contribution in [2.75, 3.05) is 32.7 Å². The monoisotopic (exact) mass is 216 g/mol. The summed E-state index contributed by atoms with van der Waals surface area (Å²) in [7, 11) is 0. The lowest BCUT2D eigenvalue weighted by atomic mass is 10.4. The summed E-state index contributed by atoms with van der Waals surface area (Å²) in [6.45, 7) is 3.83. The highest BCUT2D eigenvalue weighted by molar-refractivity contribution is 5.81. The second-order valence-corrected chi connectivity index (χ2v) is 3.09. The molecule has 0 bridgehead atoms. The van der Waals surface area contributed by atoms with E-state index in [0.717, 1.165) is 6.42 Å². The maximum Gasteiger partial charge on any atom is 0.234 e. The lowest BCUT2D eigenvalue weighted by Gasteiger charge is -2.06. The van der Waals surface area contributed by atoms with E-state index < -0.39 is 0 Å². The summed E-state index contributed by atoms with van der Waals surface area (Å²) < 4.78 is 0. The Morgan fingerprint density at radius 1 is 1.07 bits per heavy atom. The van der Waals surface area contributed by atoms with Crippen molar-refractivity contribution >= 4 is 11.8 Å². The Kier molecular flexibility index (Phi) is 8.70. The van der Waals surface area contributed by atoms with Crippen molar-refractivity contribution in [1.82, 2.24) is 16.0 Å². The van der Waals surface area contributed by atoms with Gasteiger partial charge in [0.05, 0.1) is 13.1 Å². The van der Waals surface area contributed by atoms with Gasteiger partial charge < -0.3 is 16.4 Å². The molecular formula is C9H20N4O2. The van der Waals surface area contributed by atoms with Crippen molar-refractivity contribution in [2.45, 2.75) is 13.3 Å². The van der Waals surface area contributed by atoms with Crippen LogP contribution in [0.2, 0.25) is 0 Å². The fourth-order valence-electron chi connectivity index (χ4n) is 0.891. The number of rotatable bonds is 8. The quantitative estimate of drug-likeness (QED) is 0.384. The SMILES string of the molecule is CCCNC(=O)CNCC(=O)NCCN. The third-order valence-electron chi connectivity index (χ3n) is 1.61. The number of carbonyl (C=O) groups is 2. The normalized spacial score (nSPS) is 9.73. The van der Waals surface area contributed by atoms with Crippen LogP contribution in [0.25, 0.3) is 0 Å². The molecule has 0 spiro atoms. The summed E-state index contributed by atoms with van der Waals surface area (Å²) >= 11 is 0. The van der Waals surface area contributed by atoms with Gasteiger partial charge in [0.15, 0.2) is 0 Å². The highest BCUT2D eigenvalue weighted by Crippen LogP contribution is 1.71. The van der Waals surface area contributed by atoms with Gasteiger partial charge in [-0.25, -0.2) is 0 Å². The van der Waals surface area contributed by atoms with Crippen LogP contribution in [-0.2, 0) is 9.59 Å². The van der Waals surface area contributed by atoms with Gasteiger partial charge in [-0.3, -0.25) is 14.9 Å². The van der Waals surface area contributed by atoms with Crippen molar-refractivity contribution in [3.8, 4) is 0 Å². The van der Waals surface area contributed by atoms with E-state index in [-0.39, 0.29) is 24.9 Å². The van der Waals surface area contributed by atoms with Crippen molar-refractivity contribution in [3.63, 3.8) is 0 Å². The maximum atomic E-state index is 11.1. The first-order chi connectivity index (χ1) is 7.20. The summed E-state index contributed by atoms with van der Waals surface area (Å²) in [6, 6.07) is 0. The van der Waals surface area contributed by atoms with Crippen molar-refractivity contribution < 1.29 is 9.59 Å². The minimum atomic E-state index is -0.149. The molecule has 0 saturated heterocycles. The van der Waals surface area contributed by atoms with Crippen LogP contribution in [0.1, 0.15) is 13.3 Å². The Morgan fingerprint density at radius 2 is 1.60 bits per heavy atom. The van der Waals surface area contributed by atoms with E-state index in [9.17, 15) is 9.59 Å². The standard InChI is InChI=1S/C9H20N4O2/c1-2-4-12-8(14)6-11-7-9(15)13-5-3-10/h11H,2-7,10H2,1H3,(H,12,14)(H,13,15). The third-order valence-corrected chi connectivity index (χ3v) is 1.61. The Morgan fingerprint density at radius 3 is 2.07 bits per heavy atom. The number of hydrogen-bond acceptors (Lipinski definition) is 4. The first-order valence-corrected chi connectivity index (χ1v) is 5.14. The zero-order valence-corrected chi connectivity index (χ0v) is 9.14. The molecule has 0 saturated carbocycles. The summed E-state index contributed by atoms with van der Waals surface area (Å²) in [5, 5.41) is 8.03.